The molecule has 5 rings (SSSR count). The maximum atomic E-state index is 12.7. The lowest BCUT2D eigenvalue weighted by Gasteiger charge is -2.24. The molecular formula is C24H30N3O3+. The maximum absolute atomic E-state index is 12.7. The van der Waals surface area contributed by atoms with E-state index >= 15 is 0 Å². The fourth-order valence-corrected chi connectivity index (χ4v) is 4.94. The number of quaternary nitrogens is 1. The Hall–Kier alpha value is -2.73. The molecule has 1 amide bonds. The van der Waals surface area contributed by atoms with E-state index in [1.807, 2.05) is 18.2 Å². The first-order valence-corrected chi connectivity index (χ1v) is 11.2. The number of carbonyl (C=O) groups excluding carboxylic acids is 1. The van der Waals surface area contributed by atoms with Crippen molar-refractivity contribution >= 4 is 17.3 Å². The van der Waals surface area contributed by atoms with E-state index in [0.29, 0.717) is 25.8 Å². The summed E-state index contributed by atoms with van der Waals surface area (Å²) in [6.07, 6.45) is 4.75. The molecule has 3 heterocycles. The number of ether oxygens (including phenoxy) is 2. The Morgan fingerprint density at radius 1 is 1.00 bits per heavy atom. The first-order valence-electron chi connectivity index (χ1n) is 11.2. The highest BCUT2D eigenvalue weighted by atomic mass is 16.6. The third kappa shape index (κ3) is 4.10. The lowest BCUT2D eigenvalue weighted by atomic mass is 10.0. The van der Waals surface area contributed by atoms with Crippen LogP contribution in [0.2, 0.25) is 0 Å². The summed E-state index contributed by atoms with van der Waals surface area (Å²) in [5.41, 5.74) is 3.35. The molecule has 2 atom stereocenters. The van der Waals surface area contributed by atoms with Gasteiger partial charge in [-0.05, 0) is 55.3 Å². The number of fused-ring (bicyclic) bond motifs is 1. The standard InChI is InChI=1S/C24H29N3O3/c28-24(25-19-6-8-20(9-7-19)26-11-1-2-12-26)17-27-13-3-4-21(27)18-5-10-22-23(16-18)30-15-14-29-22/h5-10,16,21H,1-4,11-15,17H2,(H,25,28)/p+1/t21-/m1/s1. The van der Waals surface area contributed by atoms with Gasteiger partial charge in [0.15, 0.2) is 18.0 Å². The fraction of sp³-hybridized carbons (Fsp3) is 0.458. The normalized spacial score (nSPS) is 22.9. The zero-order valence-corrected chi connectivity index (χ0v) is 17.4. The molecule has 2 fully saturated rings. The third-order valence-corrected chi connectivity index (χ3v) is 6.46. The van der Waals surface area contributed by atoms with E-state index in [-0.39, 0.29) is 5.91 Å². The van der Waals surface area contributed by atoms with Crippen molar-refractivity contribution in [2.24, 2.45) is 0 Å². The Kier molecular flexibility index (Phi) is 5.49. The number of amides is 1. The number of anilines is 2. The van der Waals surface area contributed by atoms with Crippen LogP contribution in [0.15, 0.2) is 42.5 Å². The second kappa shape index (κ2) is 8.56. The van der Waals surface area contributed by atoms with Crippen molar-refractivity contribution in [1.29, 1.82) is 0 Å². The van der Waals surface area contributed by atoms with E-state index in [9.17, 15) is 4.79 Å². The molecule has 6 nitrogen and oxygen atoms in total. The van der Waals surface area contributed by atoms with Crippen molar-refractivity contribution in [2.45, 2.75) is 31.7 Å². The number of nitrogens with zero attached hydrogens (tertiary/aromatic N) is 1. The van der Waals surface area contributed by atoms with E-state index in [1.165, 1.54) is 29.0 Å². The zero-order chi connectivity index (χ0) is 20.3. The fourth-order valence-electron chi connectivity index (χ4n) is 4.94. The topological polar surface area (TPSA) is 55.2 Å². The molecule has 2 aromatic rings. The summed E-state index contributed by atoms with van der Waals surface area (Å²) in [4.78, 5) is 16.5. The number of nitrogens with one attached hydrogen (secondary N) is 2. The summed E-state index contributed by atoms with van der Waals surface area (Å²) < 4.78 is 11.4. The molecule has 158 valence electrons. The van der Waals surface area contributed by atoms with E-state index in [0.717, 1.165) is 49.7 Å². The van der Waals surface area contributed by atoms with E-state index in [2.05, 4.69) is 34.5 Å². The van der Waals surface area contributed by atoms with Crippen molar-refractivity contribution in [3.8, 4) is 11.5 Å². The van der Waals surface area contributed by atoms with Gasteiger partial charge >= 0.3 is 0 Å². The average Bonchev–Trinajstić information content (AvgIpc) is 3.46. The van der Waals surface area contributed by atoms with Gasteiger partial charge < -0.3 is 24.6 Å². The monoisotopic (exact) mass is 408 g/mol. The first-order chi connectivity index (χ1) is 14.8. The van der Waals surface area contributed by atoms with Gasteiger partial charge in [-0.15, -0.1) is 0 Å². The number of carbonyl (C=O) groups is 1. The van der Waals surface area contributed by atoms with Crippen molar-refractivity contribution < 1.29 is 19.2 Å². The van der Waals surface area contributed by atoms with Crippen molar-refractivity contribution in [1.82, 2.24) is 0 Å². The Bertz CT molecular complexity index is 893. The quantitative estimate of drug-likeness (QED) is 0.798. The average molecular weight is 409 g/mol. The molecule has 0 spiro atoms. The number of benzene rings is 2. The number of likely N-dealkylation sites (tertiary alicyclic amines) is 1. The minimum atomic E-state index is 0.0726. The van der Waals surface area contributed by atoms with Crippen LogP contribution >= 0.6 is 0 Å². The number of hydrogen-bond acceptors (Lipinski definition) is 4. The molecule has 6 heteroatoms. The van der Waals surface area contributed by atoms with Crippen molar-refractivity contribution in [2.75, 3.05) is 49.6 Å². The lowest BCUT2D eigenvalue weighted by Crippen LogP contribution is -3.11. The Morgan fingerprint density at radius 3 is 2.57 bits per heavy atom. The molecule has 3 aliphatic heterocycles. The molecule has 0 aliphatic carbocycles. The third-order valence-electron chi connectivity index (χ3n) is 6.46. The van der Waals surface area contributed by atoms with Gasteiger partial charge in [0.05, 0.1) is 6.54 Å². The number of hydrogen-bond donors (Lipinski definition) is 2. The summed E-state index contributed by atoms with van der Waals surface area (Å²) in [7, 11) is 0. The van der Waals surface area contributed by atoms with Gasteiger partial charge in [0.1, 0.15) is 19.3 Å². The van der Waals surface area contributed by atoms with E-state index in [1.54, 1.807) is 0 Å². The van der Waals surface area contributed by atoms with Gasteiger partial charge in [0.2, 0.25) is 0 Å². The Balaban J connectivity index is 1.21. The van der Waals surface area contributed by atoms with Crippen LogP contribution in [0, 0.1) is 0 Å². The molecule has 0 radical (unpaired) electrons. The van der Waals surface area contributed by atoms with Crippen LogP contribution in [0.4, 0.5) is 11.4 Å². The molecule has 2 aromatic carbocycles. The summed E-state index contributed by atoms with van der Waals surface area (Å²) in [6, 6.07) is 14.8. The molecule has 2 N–H and O–H groups in total. The van der Waals surface area contributed by atoms with Crippen molar-refractivity contribution in [3.05, 3.63) is 48.0 Å². The van der Waals surface area contributed by atoms with Gasteiger partial charge in [-0.3, -0.25) is 4.79 Å². The van der Waals surface area contributed by atoms with E-state index in [4.69, 9.17) is 9.47 Å². The molecule has 2 saturated heterocycles. The van der Waals surface area contributed by atoms with Gasteiger partial charge in [0.25, 0.3) is 5.91 Å². The van der Waals surface area contributed by atoms with Crippen LogP contribution in [0.5, 0.6) is 11.5 Å². The summed E-state index contributed by atoms with van der Waals surface area (Å²) >= 11 is 0. The second-order valence-electron chi connectivity index (χ2n) is 8.47. The van der Waals surface area contributed by atoms with Crippen LogP contribution in [0.25, 0.3) is 0 Å². The zero-order valence-electron chi connectivity index (χ0n) is 17.4. The number of rotatable bonds is 5. The maximum Gasteiger partial charge on any atom is 0.279 e. The minimum Gasteiger partial charge on any atom is -0.486 e. The highest BCUT2D eigenvalue weighted by molar-refractivity contribution is 5.91. The van der Waals surface area contributed by atoms with Gasteiger partial charge in [-0.25, -0.2) is 0 Å². The van der Waals surface area contributed by atoms with Crippen LogP contribution < -0.4 is 24.6 Å². The lowest BCUT2D eigenvalue weighted by molar-refractivity contribution is -0.910. The molecule has 0 aromatic heterocycles. The highest BCUT2D eigenvalue weighted by Gasteiger charge is 2.32. The van der Waals surface area contributed by atoms with Gasteiger partial charge in [0, 0.05) is 42.9 Å². The predicted octanol–water partition coefficient (Wildman–Crippen LogP) is 2.42. The minimum absolute atomic E-state index is 0.0726. The van der Waals surface area contributed by atoms with Gasteiger partial charge in [-0.2, -0.15) is 0 Å². The largest absolute Gasteiger partial charge is 0.486 e. The van der Waals surface area contributed by atoms with Crippen LogP contribution in [0.3, 0.4) is 0 Å². The van der Waals surface area contributed by atoms with Crippen LogP contribution in [-0.2, 0) is 4.79 Å². The van der Waals surface area contributed by atoms with Crippen molar-refractivity contribution in [3.63, 3.8) is 0 Å². The predicted molar refractivity (Wildman–Crippen MR) is 117 cm³/mol. The summed E-state index contributed by atoms with van der Waals surface area (Å²) in [6.45, 7) is 4.95. The highest BCUT2D eigenvalue weighted by Crippen LogP contribution is 2.33. The molecule has 3 aliphatic rings. The first kappa shape index (κ1) is 19.2. The smallest absolute Gasteiger partial charge is 0.279 e. The molecule has 0 bridgehead atoms. The molecular weight excluding hydrogens is 378 g/mol. The van der Waals surface area contributed by atoms with Gasteiger partial charge in [-0.1, -0.05) is 0 Å². The SMILES string of the molecule is O=C(C[NH+]1CCC[C@@H]1c1ccc2c(c1)OCCO2)Nc1ccc(N2CCCC2)cc1. The van der Waals surface area contributed by atoms with Crippen LogP contribution in [-0.4, -0.2) is 45.3 Å². The van der Waals surface area contributed by atoms with E-state index < -0.39 is 0 Å². The summed E-state index contributed by atoms with van der Waals surface area (Å²) in [5, 5.41) is 3.09. The molecule has 0 saturated carbocycles. The molecule has 30 heavy (non-hydrogen) atoms. The second-order valence-corrected chi connectivity index (χ2v) is 8.47. The molecule has 1 unspecified atom stereocenters. The Morgan fingerprint density at radius 2 is 1.77 bits per heavy atom. The Labute approximate surface area is 177 Å². The van der Waals surface area contributed by atoms with Crippen LogP contribution in [0.1, 0.15) is 37.3 Å². The summed E-state index contributed by atoms with van der Waals surface area (Å²) in [5.74, 6) is 1.72.